The van der Waals surface area contributed by atoms with Crippen molar-refractivity contribution in [2.45, 2.75) is 39.3 Å². The fraction of sp³-hybridized carbons (Fsp3) is 0.300. The van der Waals surface area contributed by atoms with Gasteiger partial charge in [-0.3, -0.25) is 4.79 Å². The molecule has 0 aromatic heterocycles. The number of benzene rings is 2. The zero-order valence-electron chi connectivity index (χ0n) is 15.9. The fourth-order valence-electron chi connectivity index (χ4n) is 2.02. The van der Waals surface area contributed by atoms with Gasteiger partial charge in [-0.25, -0.2) is 4.79 Å². The Balaban J connectivity index is 1.89. The first-order chi connectivity index (χ1) is 12.7. The summed E-state index contributed by atoms with van der Waals surface area (Å²) in [6.45, 7) is 6.86. The summed E-state index contributed by atoms with van der Waals surface area (Å²) in [4.78, 5) is 23.9. The van der Waals surface area contributed by atoms with E-state index < -0.39 is 17.7 Å². The summed E-state index contributed by atoms with van der Waals surface area (Å²) in [6, 6.07) is 15.6. The van der Waals surface area contributed by atoms with E-state index in [2.05, 4.69) is 20.9 Å². The normalized spacial score (nSPS) is 12.4. The smallest absolute Gasteiger partial charge is 0.408 e. The molecule has 0 aliphatic carbocycles. The molecule has 0 saturated heterocycles. The highest BCUT2D eigenvalue weighted by atomic mass is 16.6. The van der Waals surface area contributed by atoms with Crippen molar-refractivity contribution in [3.63, 3.8) is 0 Å². The number of rotatable bonds is 5. The van der Waals surface area contributed by atoms with Gasteiger partial charge in [0.25, 0.3) is 0 Å². The Morgan fingerprint density at radius 1 is 0.926 bits per heavy atom. The Hall–Kier alpha value is -3.22. The second-order valence-electron chi connectivity index (χ2n) is 6.94. The van der Waals surface area contributed by atoms with E-state index in [1.54, 1.807) is 52.0 Å². The van der Waals surface area contributed by atoms with E-state index in [-0.39, 0.29) is 5.91 Å². The van der Waals surface area contributed by atoms with Crippen LogP contribution in [-0.4, -0.2) is 23.6 Å². The van der Waals surface area contributed by atoms with Gasteiger partial charge < -0.3 is 15.4 Å². The summed E-state index contributed by atoms with van der Waals surface area (Å²) >= 11 is 0. The van der Waals surface area contributed by atoms with Crippen LogP contribution in [-0.2, 0) is 9.53 Å². The lowest BCUT2D eigenvalue weighted by Crippen LogP contribution is -2.43. The highest BCUT2D eigenvalue weighted by Gasteiger charge is 2.21. The van der Waals surface area contributed by atoms with Gasteiger partial charge in [0.1, 0.15) is 11.6 Å². The predicted molar refractivity (Wildman–Crippen MR) is 105 cm³/mol. The largest absolute Gasteiger partial charge is 0.444 e. The number of nitrogens with one attached hydrogen (secondary N) is 2. The number of ether oxygens (including phenoxy) is 1. The number of azo groups is 1. The van der Waals surface area contributed by atoms with E-state index in [0.29, 0.717) is 11.4 Å². The number of nitrogens with zero attached hydrogens (tertiary/aromatic N) is 2. The standard InChI is InChI=1S/C20H24N4O3/c1-14(21-19(26)27-20(2,3)4)18(25)22-15-10-12-17(13-11-15)24-23-16-8-6-5-7-9-16/h5-14H,1-4H3,(H,21,26)(H,22,25)/t14-/m0/s1. The maximum Gasteiger partial charge on any atom is 0.408 e. The van der Waals surface area contributed by atoms with Crippen LogP contribution in [0.1, 0.15) is 27.7 Å². The minimum atomic E-state index is -0.739. The number of anilines is 1. The van der Waals surface area contributed by atoms with Crippen LogP contribution in [0.15, 0.2) is 64.8 Å². The average Bonchev–Trinajstić information content (AvgIpc) is 2.60. The molecule has 1 atom stereocenters. The second kappa shape index (κ2) is 8.93. The summed E-state index contributed by atoms with van der Waals surface area (Å²) in [5.41, 5.74) is 1.40. The van der Waals surface area contributed by atoms with Crippen LogP contribution >= 0.6 is 0 Å². The van der Waals surface area contributed by atoms with Gasteiger partial charge in [0.05, 0.1) is 11.4 Å². The quantitative estimate of drug-likeness (QED) is 0.731. The fourth-order valence-corrected chi connectivity index (χ4v) is 2.02. The third-order valence-corrected chi connectivity index (χ3v) is 3.30. The maximum absolute atomic E-state index is 12.2. The van der Waals surface area contributed by atoms with Crippen molar-refractivity contribution in [1.29, 1.82) is 0 Å². The van der Waals surface area contributed by atoms with Gasteiger partial charge in [-0.1, -0.05) is 18.2 Å². The van der Waals surface area contributed by atoms with E-state index in [4.69, 9.17) is 4.74 Å². The van der Waals surface area contributed by atoms with Crippen molar-refractivity contribution in [3.8, 4) is 0 Å². The van der Waals surface area contributed by atoms with E-state index in [1.807, 2.05) is 30.3 Å². The molecular formula is C20H24N4O3. The van der Waals surface area contributed by atoms with Gasteiger partial charge >= 0.3 is 6.09 Å². The molecule has 2 amide bonds. The summed E-state index contributed by atoms with van der Waals surface area (Å²) in [5.74, 6) is -0.348. The van der Waals surface area contributed by atoms with Crippen LogP contribution < -0.4 is 10.6 Å². The first kappa shape index (κ1) is 20.1. The molecule has 2 rings (SSSR count). The topological polar surface area (TPSA) is 92.1 Å². The van der Waals surface area contributed by atoms with Crippen molar-refractivity contribution in [1.82, 2.24) is 5.32 Å². The molecule has 2 N–H and O–H groups in total. The SMILES string of the molecule is C[C@H](NC(=O)OC(C)(C)C)C(=O)Nc1ccc(N=Nc2ccccc2)cc1. The minimum absolute atomic E-state index is 0.348. The molecule has 0 bridgehead atoms. The highest BCUT2D eigenvalue weighted by Crippen LogP contribution is 2.20. The van der Waals surface area contributed by atoms with Crippen LogP contribution in [0, 0.1) is 0 Å². The Morgan fingerprint density at radius 3 is 2.04 bits per heavy atom. The Labute approximate surface area is 158 Å². The maximum atomic E-state index is 12.2. The molecule has 7 nitrogen and oxygen atoms in total. The molecule has 0 fully saturated rings. The lowest BCUT2D eigenvalue weighted by Gasteiger charge is -2.21. The first-order valence-electron chi connectivity index (χ1n) is 8.60. The van der Waals surface area contributed by atoms with Crippen molar-refractivity contribution >= 4 is 29.1 Å². The molecule has 0 aliphatic rings. The van der Waals surface area contributed by atoms with Crippen molar-refractivity contribution < 1.29 is 14.3 Å². The Bertz CT molecular complexity index is 796. The van der Waals surface area contributed by atoms with Crippen LogP contribution in [0.25, 0.3) is 0 Å². The highest BCUT2D eigenvalue weighted by molar-refractivity contribution is 5.96. The van der Waals surface area contributed by atoms with Gasteiger partial charge in [-0.15, -0.1) is 0 Å². The van der Waals surface area contributed by atoms with Crippen LogP contribution in [0.5, 0.6) is 0 Å². The molecule has 0 radical (unpaired) electrons. The van der Waals surface area contributed by atoms with E-state index >= 15 is 0 Å². The first-order valence-corrected chi connectivity index (χ1v) is 8.60. The summed E-state index contributed by atoms with van der Waals surface area (Å²) < 4.78 is 5.13. The zero-order chi connectivity index (χ0) is 19.9. The number of hydrogen-bond acceptors (Lipinski definition) is 5. The Morgan fingerprint density at radius 2 is 1.48 bits per heavy atom. The average molecular weight is 368 g/mol. The van der Waals surface area contributed by atoms with Gasteiger partial charge in [0, 0.05) is 5.69 Å². The summed E-state index contributed by atoms with van der Waals surface area (Å²) in [5, 5.41) is 13.5. The monoisotopic (exact) mass is 368 g/mol. The zero-order valence-corrected chi connectivity index (χ0v) is 15.9. The third kappa shape index (κ3) is 7.27. The van der Waals surface area contributed by atoms with E-state index in [1.165, 1.54) is 0 Å². The number of carbonyl (C=O) groups is 2. The lowest BCUT2D eigenvalue weighted by molar-refractivity contribution is -0.117. The molecule has 0 unspecified atom stereocenters. The number of alkyl carbamates (subject to hydrolysis) is 1. The van der Waals surface area contributed by atoms with E-state index in [9.17, 15) is 9.59 Å². The molecule has 0 spiro atoms. The van der Waals surface area contributed by atoms with Crippen LogP contribution in [0.4, 0.5) is 21.9 Å². The molecule has 27 heavy (non-hydrogen) atoms. The Kier molecular flexibility index (Phi) is 6.65. The van der Waals surface area contributed by atoms with Gasteiger partial charge in [0.15, 0.2) is 0 Å². The molecule has 2 aromatic rings. The molecule has 0 aliphatic heterocycles. The number of hydrogen-bond donors (Lipinski definition) is 2. The van der Waals surface area contributed by atoms with Crippen molar-refractivity contribution in [2.75, 3.05) is 5.32 Å². The second-order valence-corrected chi connectivity index (χ2v) is 6.94. The van der Waals surface area contributed by atoms with Crippen molar-refractivity contribution in [3.05, 3.63) is 54.6 Å². The molecule has 0 saturated carbocycles. The van der Waals surface area contributed by atoms with Gasteiger partial charge in [-0.05, 0) is 64.1 Å². The molecule has 142 valence electrons. The molecule has 7 heteroatoms. The van der Waals surface area contributed by atoms with Crippen LogP contribution in [0.2, 0.25) is 0 Å². The predicted octanol–water partition coefficient (Wildman–Crippen LogP) is 4.95. The molecule has 2 aromatic carbocycles. The molecule has 0 heterocycles. The lowest BCUT2D eigenvalue weighted by atomic mass is 10.2. The van der Waals surface area contributed by atoms with Crippen LogP contribution in [0.3, 0.4) is 0 Å². The summed E-state index contributed by atoms with van der Waals surface area (Å²) in [6.07, 6.45) is -0.637. The van der Waals surface area contributed by atoms with E-state index in [0.717, 1.165) is 5.69 Å². The number of amides is 2. The number of carbonyl (C=O) groups excluding carboxylic acids is 2. The summed E-state index contributed by atoms with van der Waals surface area (Å²) in [7, 11) is 0. The third-order valence-electron chi connectivity index (χ3n) is 3.30. The van der Waals surface area contributed by atoms with Gasteiger partial charge in [0.2, 0.25) is 5.91 Å². The minimum Gasteiger partial charge on any atom is -0.444 e. The van der Waals surface area contributed by atoms with Gasteiger partial charge in [-0.2, -0.15) is 10.2 Å². The van der Waals surface area contributed by atoms with Crippen molar-refractivity contribution in [2.24, 2.45) is 10.2 Å². The molecular weight excluding hydrogens is 344 g/mol.